The van der Waals surface area contributed by atoms with Crippen molar-refractivity contribution in [1.29, 1.82) is 0 Å². The molecule has 1 radical (unpaired) electrons. The Bertz CT molecular complexity index is 2170. The molecule has 4 heteroatoms. The lowest BCUT2D eigenvalue weighted by molar-refractivity contribution is 0.363. The van der Waals surface area contributed by atoms with E-state index in [2.05, 4.69) is 221 Å². The lowest BCUT2D eigenvalue weighted by atomic mass is 9.76. The fourth-order valence-electron chi connectivity index (χ4n) is 8.01. The van der Waals surface area contributed by atoms with Gasteiger partial charge in [-0.1, -0.05) is 215 Å². The number of hydrogen-bond acceptors (Lipinski definition) is 3. The second kappa shape index (κ2) is 16.3. The summed E-state index contributed by atoms with van der Waals surface area (Å²) in [5.74, 6) is 2.61. The summed E-state index contributed by atoms with van der Waals surface area (Å²) < 4.78 is 22.4. The number of rotatable bonds is 4. The Hall–Kier alpha value is -3.29. The Balaban J connectivity index is 1.88. The van der Waals surface area contributed by atoms with Crippen LogP contribution in [0.25, 0.3) is 0 Å². The SMILES string of the molecule is CC(C)(C)c1[c]c(Cc2cc(C(C)(C)C)cc(C(C)(C)C)c2OP2Oc3c(cc(C(C)(C)C)cc3C(C)(C)C)Cc3cc(C(C)(C)C)cc(C(C)(C)C)c3O2)cc(C(C)(C)C)c1. The van der Waals surface area contributed by atoms with Crippen LogP contribution in [0.2, 0.25) is 0 Å². The van der Waals surface area contributed by atoms with Gasteiger partial charge in [-0.15, -0.1) is 0 Å². The van der Waals surface area contributed by atoms with Crippen LogP contribution in [0.1, 0.15) is 233 Å². The topological polar surface area (TPSA) is 27.7 Å². The van der Waals surface area contributed by atoms with Crippen molar-refractivity contribution >= 4 is 8.60 Å². The van der Waals surface area contributed by atoms with Crippen molar-refractivity contribution in [2.24, 2.45) is 0 Å². The molecule has 3 nitrogen and oxygen atoms in total. The summed E-state index contributed by atoms with van der Waals surface area (Å²) in [6, 6.07) is 22.9. The second-order valence-electron chi connectivity index (χ2n) is 26.7. The average Bonchev–Trinajstić information content (AvgIpc) is 3.05. The summed E-state index contributed by atoms with van der Waals surface area (Å²) in [6.45, 7) is 55.2. The Morgan fingerprint density at radius 1 is 0.435 bits per heavy atom. The first kappa shape index (κ1) is 49.7. The molecule has 0 aliphatic carbocycles. The first-order valence-corrected chi connectivity index (χ1v) is 24.3. The molecule has 62 heavy (non-hydrogen) atoms. The summed E-state index contributed by atoms with van der Waals surface area (Å²) in [5, 5.41) is 0. The van der Waals surface area contributed by atoms with Crippen LogP contribution in [0.4, 0.5) is 0 Å². The molecule has 0 aromatic heterocycles. The van der Waals surface area contributed by atoms with Gasteiger partial charge < -0.3 is 13.6 Å². The largest absolute Gasteiger partial charge is 0.530 e. The summed E-state index contributed by atoms with van der Waals surface area (Å²) in [7, 11) is -2.02. The molecule has 1 heterocycles. The molecule has 0 amide bonds. The zero-order valence-electron chi connectivity index (χ0n) is 43.7. The summed E-state index contributed by atoms with van der Waals surface area (Å²) in [6.07, 6.45) is 1.36. The molecule has 0 unspecified atom stereocenters. The van der Waals surface area contributed by atoms with Gasteiger partial charge in [0.05, 0.1) is 0 Å². The van der Waals surface area contributed by atoms with E-state index >= 15 is 0 Å². The summed E-state index contributed by atoms with van der Waals surface area (Å²) in [4.78, 5) is 0. The van der Waals surface area contributed by atoms with Crippen LogP contribution in [-0.2, 0) is 56.2 Å². The first-order chi connectivity index (χ1) is 27.7. The molecule has 0 N–H and O–H groups in total. The van der Waals surface area contributed by atoms with Crippen LogP contribution in [0.5, 0.6) is 17.2 Å². The van der Waals surface area contributed by atoms with E-state index in [0.717, 1.165) is 33.9 Å². The van der Waals surface area contributed by atoms with Gasteiger partial charge >= 0.3 is 8.60 Å². The molecule has 4 aromatic rings. The van der Waals surface area contributed by atoms with E-state index in [4.69, 9.17) is 13.6 Å². The van der Waals surface area contributed by atoms with Gasteiger partial charge in [-0.05, 0) is 99.5 Å². The third-order valence-corrected chi connectivity index (χ3v) is 13.4. The van der Waals surface area contributed by atoms with E-state index in [1.807, 2.05) is 0 Å². The van der Waals surface area contributed by atoms with Gasteiger partial charge in [0, 0.05) is 29.5 Å². The van der Waals surface area contributed by atoms with Gasteiger partial charge in [0.25, 0.3) is 0 Å². The molecule has 1 aliphatic heterocycles. The molecule has 0 spiro atoms. The molecule has 0 saturated heterocycles. The molecule has 5 rings (SSSR count). The van der Waals surface area contributed by atoms with Gasteiger partial charge in [-0.3, -0.25) is 0 Å². The van der Waals surface area contributed by atoms with E-state index in [1.165, 1.54) is 50.1 Å². The zero-order chi connectivity index (χ0) is 47.1. The molecular weight excluding hydrogens is 776 g/mol. The Kier molecular flexibility index (Phi) is 13.1. The Morgan fingerprint density at radius 2 is 0.806 bits per heavy atom. The van der Waals surface area contributed by atoms with Gasteiger partial charge in [0.15, 0.2) is 0 Å². The fraction of sp³-hybridized carbons (Fsp3) is 0.586. The van der Waals surface area contributed by atoms with Crippen molar-refractivity contribution in [1.82, 2.24) is 0 Å². The monoisotopic (exact) mass is 860 g/mol. The van der Waals surface area contributed by atoms with E-state index in [0.29, 0.717) is 12.8 Å². The zero-order valence-corrected chi connectivity index (χ0v) is 44.6. The van der Waals surface area contributed by atoms with Crippen molar-refractivity contribution < 1.29 is 13.6 Å². The van der Waals surface area contributed by atoms with Crippen molar-refractivity contribution in [3.05, 3.63) is 121 Å². The maximum atomic E-state index is 7.57. The second-order valence-corrected chi connectivity index (χ2v) is 27.7. The molecule has 1 aliphatic rings. The fourth-order valence-corrected chi connectivity index (χ4v) is 9.21. The van der Waals surface area contributed by atoms with Crippen molar-refractivity contribution in [2.75, 3.05) is 0 Å². The van der Waals surface area contributed by atoms with Crippen LogP contribution in [0.3, 0.4) is 0 Å². The maximum Gasteiger partial charge on any atom is 0.530 e. The third-order valence-electron chi connectivity index (χ3n) is 12.4. The minimum Gasteiger partial charge on any atom is -0.408 e. The predicted molar refractivity (Wildman–Crippen MR) is 269 cm³/mol. The van der Waals surface area contributed by atoms with Crippen LogP contribution in [0.15, 0.2) is 48.5 Å². The molecule has 0 atom stereocenters. The molecule has 0 fully saturated rings. The number of fused-ring (bicyclic) bond motifs is 2. The molecule has 0 bridgehead atoms. The highest BCUT2D eigenvalue weighted by Crippen LogP contribution is 2.55. The number of benzene rings is 4. The van der Waals surface area contributed by atoms with E-state index < -0.39 is 8.60 Å². The summed E-state index contributed by atoms with van der Waals surface area (Å²) in [5.41, 5.74) is 13.7. The molecule has 339 valence electrons. The van der Waals surface area contributed by atoms with E-state index in [-0.39, 0.29) is 43.3 Å². The van der Waals surface area contributed by atoms with Gasteiger partial charge in [-0.25, -0.2) is 0 Å². The van der Waals surface area contributed by atoms with Gasteiger partial charge in [-0.2, -0.15) is 0 Å². The third kappa shape index (κ3) is 11.3. The minimum absolute atomic E-state index is 0.0210. The standard InChI is InChI=1S/C58H84O3P/c1-51(2,3)40-26-36(27-41(32-40)52(4,5)6)25-37-29-42(53(7,8)9)33-45(56(16,17)18)48(37)59-62-60-49-38(30-43(54(10,11)12)34-46(49)57(19,20)21)28-39-31-44(55(13,14)15)35-47(50(39)61-62)58(22,23)24/h26,29-35H,25,28H2,1-24H3. The lowest BCUT2D eigenvalue weighted by Crippen LogP contribution is -2.23. The minimum atomic E-state index is -2.02. The highest BCUT2D eigenvalue weighted by Gasteiger charge is 2.38. The molecular formula is C58H84O3P. The predicted octanol–water partition coefficient (Wildman–Crippen LogP) is 17.1. The van der Waals surface area contributed by atoms with E-state index in [9.17, 15) is 0 Å². The first-order valence-electron chi connectivity index (χ1n) is 23.2. The molecule has 0 saturated carbocycles. The average molecular weight is 860 g/mol. The summed E-state index contributed by atoms with van der Waals surface area (Å²) >= 11 is 0. The Morgan fingerprint density at radius 3 is 1.18 bits per heavy atom. The van der Waals surface area contributed by atoms with Crippen LogP contribution < -0.4 is 13.6 Å². The maximum absolute atomic E-state index is 7.57. The van der Waals surface area contributed by atoms with Crippen LogP contribution in [-0.4, -0.2) is 0 Å². The number of hydrogen-bond donors (Lipinski definition) is 0. The van der Waals surface area contributed by atoms with Gasteiger partial charge in [0.1, 0.15) is 17.2 Å². The van der Waals surface area contributed by atoms with E-state index in [1.54, 1.807) is 0 Å². The van der Waals surface area contributed by atoms with Crippen LogP contribution >= 0.6 is 8.60 Å². The smallest absolute Gasteiger partial charge is 0.408 e. The van der Waals surface area contributed by atoms with Gasteiger partial charge in [0.2, 0.25) is 0 Å². The highest BCUT2D eigenvalue weighted by molar-refractivity contribution is 7.43. The quantitative estimate of drug-likeness (QED) is 0.191. The van der Waals surface area contributed by atoms with Crippen molar-refractivity contribution in [3.63, 3.8) is 0 Å². The van der Waals surface area contributed by atoms with Crippen molar-refractivity contribution in [3.8, 4) is 17.2 Å². The normalized spacial score (nSPS) is 15.0. The Labute approximate surface area is 381 Å². The molecule has 4 aromatic carbocycles. The van der Waals surface area contributed by atoms with Crippen molar-refractivity contribution in [2.45, 2.75) is 222 Å². The van der Waals surface area contributed by atoms with Crippen LogP contribution in [0, 0.1) is 6.07 Å². The lowest BCUT2D eigenvalue weighted by Gasteiger charge is -2.35. The highest BCUT2D eigenvalue weighted by atomic mass is 31.2.